The summed E-state index contributed by atoms with van der Waals surface area (Å²) in [6.07, 6.45) is 6.10. The van der Waals surface area contributed by atoms with Gasteiger partial charge in [0.1, 0.15) is 11.5 Å². The summed E-state index contributed by atoms with van der Waals surface area (Å²) in [5.74, 6) is 1.78. The standard InChI is InChI=1S/C23H33NO2/c1-4-5-16-24(2)17-10-7-11-18-26-21-14-15-23(25-3)22(19-21)20-12-8-6-9-13-20/h6,8-9,12-15,19H,4-5,7,10-11,16-18H2,1-3H3. The van der Waals surface area contributed by atoms with Crippen LogP contribution in [0.1, 0.15) is 39.0 Å². The lowest BCUT2D eigenvalue weighted by atomic mass is 10.0. The summed E-state index contributed by atoms with van der Waals surface area (Å²) in [5, 5.41) is 0. The van der Waals surface area contributed by atoms with Crippen LogP contribution in [0.3, 0.4) is 0 Å². The second kappa shape index (κ2) is 11.6. The molecule has 0 spiro atoms. The molecule has 0 aliphatic carbocycles. The van der Waals surface area contributed by atoms with Crippen LogP contribution in [-0.2, 0) is 0 Å². The van der Waals surface area contributed by atoms with E-state index in [1.54, 1.807) is 7.11 Å². The van der Waals surface area contributed by atoms with Crippen molar-refractivity contribution in [1.29, 1.82) is 0 Å². The highest BCUT2D eigenvalue weighted by Gasteiger charge is 2.07. The molecule has 0 bridgehead atoms. The molecule has 0 aliphatic heterocycles. The Hall–Kier alpha value is -2.00. The van der Waals surface area contributed by atoms with Gasteiger partial charge in [0.2, 0.25) is 0 Å². The molecule has 0 aliphatic rings. The van der Waals surface area contributed by atoms with Crippen molar-refractivity contribution in [2.45, 2.75) is 39.0 Å². The minimum absolute atomic E-state index is 0.763. The van der Waals surface area contributed by atoms with Crippen molar-refractivity contribution in [3.05, 3.63) is 48.5 Å². The first kappa shape index (κ1) is 20.3. The van der Waals surface area contributed by atoms with Crippen LogP contribution in [0.2, 0.25) is 0 Å². The molecule has 3 nitrogen and oxygen atoms in total. The van der Waals surface area contributed by atoms with Gasteiger partial charge in [-0.3, -0.25) is 0 Å². The van der Waals surface area contributed by atoms with E-state index in [9.17, 15) is 0 Å². The zero-order chi connectivity index (χ0) is 18.6. The van der Waals surface area contributed by atoms with Crippen molar-refractivity contribution in [1.82, 2.24) is 4.90 Å². The number of unbranched alkanes of at least 4 members (excludes halogenated alkanes) is 3. The van der Waals surface area contributed by atoms with E-state index in [-0.39, 0.29) is 0 Å². The molecule has 2 aromatic carbocycles. The highest BCUT2D eigenvalue weighted by atomic mass is 16.5. The number of methoxy groups -OCH3 is 1. The van der Waals surface area contributed by atoms with Gasteiger partial charge in [-0.2, -0.15) is 0 Å². The van der Waals surface area contributed by atoms with Crippen LogP contribution in [0.5, 0.6) is 11.5 Å². The number of hydrogen-bond acceptors (Lipinski definition) is 3. The van der Waals surface area contributed by atoms with Crippen LogP contribution in [0.4, 0.5) is 0 Å². The van der Waals surface area contributed by atoms with Gasteiger partial charge >= 0.3 is 0 Å². The van der Waals surface area contributed by atoms with E-state index in [4.69, 9.17) is 9.47 Å². The Morgan fingerprint density at radius 2 is 1.65 bits per heavy atom. The molecule has 0 unspecified atom stereocenters. The Balaban J connectivity index is 1.78. The van der Waals surface area contributed by atoms with Gasteiger partial charge in [-0.1, -0.05) is 43.7 Å². The average molecular weight is 356 g/mol. The van der Waals surface area contributed by atoms with Gasteiger partial charge in [0.25, 0.3) is 0 Å². The fourth-order valence-corrected chi connectivity index (χ4v) is 3.01. The van der Waals surface area contributed by atoms with Gasteiger partial charge in [0.15, 0.2) is 0 Å². The molecule has 0 fully saturated rings. The minimum atomic E-state index is 0.763. The number of ether oxygens (including phenoxy) is 2. The number of hydrogen-bond donors (Lipinski definition) is 0. The van der Waals surface area contributed by atoms with Gasteiger partial charge in [-0.25, -0.2) is 0 Å². The quantitative estimate of drug-likeness (QED) is 0.460. The van der Waals surface area contributed by atoms with Gasteiger partial charge < -0.3 is 14.4 Å². The summed E-state index contributed by atoms with van der Waals surface area (Å²) >= 11 is 0. The Kier molecular flexibility index (Phi) is 9.05. The summed E-state index contributed by atoms with van der Waals surface area (Å²) in [5.41, 5.74) is 2.22. The Labute approximate surface area is 158 Å². The van der Waals surface area contributed by atoms with Crippen LogP contribution in [0, 0.1) is 0 Å². The average Bonchev–Trinajstić information content (AvgIpc) is 2.69. The van der Waals surface area contributed by atoms with Crippen LogP contribution >= 0.6 is 0 Å². The lowest BCUT2D eigenvalue weighted by molar-refractivity contribution is 0.287. The molecule has 2 rings (SSSR count). The van der Waals surface area contributed by atoms with Crippen LogP contribution in [-0.4, -0.2) is 38.8 Å². The topological polar surface area (TPSA) is 21.7 Å². The number of nitrogens with zero attached hydrogens (tertiary/aromatic N) is 1. The predicted octanol–water partition coefficient (Wildman–Crippen LogP) is 5.64. The third kappa shape index (κ3) is 6.72. The van der Waals surface area contributed by atoms with Gasteiger partial charge in [-0.15, -0.1) is 0 Å². The van der Waals surface area contributed by atoms with E-state index < -0.39 is 0 Å². The summed E-state index contributed by atoms with van der Waals surface area (Å²) in [7, 11) is 3.93. The summed E-state index contributed by atoms with van der Waals surface area (Å²) < 4.78 is 11.5. The van der Waals surface area contributed by atoms with Crippen molar-refractivity contribution in [2.24, 2.45) is 0 Å². The Bertz CT molecular complexity index is 627. The molecule has 26 heavy (non-hydrogen) atoms. The largest absolute Gasteiger partial charge is 0.496 e. The normalized spacial score (nSPS) is 10.9. The van der Waals surface area contributed by atoms with Gasteiger partial charge in [0.05, 0.1) is 13.7 Å². The second-order valence-corrected chi connectivity index (χ2v) is 6.79. The molecule has 0 amide bonds. The predicted molar refractivity (Wildman–Crippen MR) is 110 cm³/mol. The SMILES string of the molecule is CCCCN(C)CCCCCOc1ccc(OC)c(-c2ccccc2)c1. The van der Waals surface area contributed by atoms with Gasteiger partial charge in [-0.05, 0) is 69.6 Å². The van der Waals surface area contributed by atoms with Crippen molar-refractivity contribution in [2.75, 3.05) is 33.9 Å². The molecule has 0 atom stereocenters. The molecule has 0 aromatic heterocycles. The molecule has 0 radical (unpaired) electrons. The van der Waals surface area contributed by atoms with Crippen LogP contribution in [0.25, 0.3) is 11.1 Å². The fraction of sp³-hybridized carbons (Fsp3) is 0.478. The molecular formula is C23H33NO2. The molecule has 0 N–H and O–H groups in total. The lowest BCUT2D eigenvalue weighted by Gasteiger charge is -2.16. The maximum Gasteiger partial charge on any atom is 0.126 e. The molecular weight excluding hydrogens is 322 g/mol. The first-order valence-corrected chi connectivity index (χ1v) is 9.79. The van der Waals surface area contributed by atoms with Crippen LogP contribution < -0.4 is 9.47 Å². The van der Waals surface area contributed by atoms with E-state index in [1.807, 2.05) is 30.3 Å². The Morgan fingerprint density at radius 1 is 0.885 bits per heavy atom. The van der Waals surface area contributed by atoms with E-state index in [1.165, 1.54) is 38.8 Å². The van der Waals surface area contributed by atoms with E-state index in [0.29, 0.717) is 0 Å². The molecule has 2 aromatic rings. The van der Waals surface area contributed by atoms with Crippen molar-refractivity contribution in [3.8, 4) is 22.6 Å². The highest BCUT2D eigenvalue weighted by molar-refractivity contribution is 5.71. The minimum Gasteiger partial charge on any atom is -0.496 e. The van der Waals surface area contributed by atoms with E-state index in [2.05, 4.69) is 37.1 Å². The monoisotopic (exact) mass is 355 g/mol. The number of benzene rings is 2. The Morgan fingerprint density at radius 3 is 2.38 bits per heavy atom. The molecule has 3 heteroatoms. The van der Waals surface area contributed by atoms with Crippen molar-refractivity contribution < 1.29 is 9.47 Å². The summed E-state index contributed by atoms with van der Waals surface area (Å²) in [6, 6.07) is 16.3. The first-order valence-electron chi connectivity index (χ1n) is 9.79. The molecule has 142 valence electrons. The van der Waals surface area contributed by atoms with Crippen LogP contribution in [0.15, 0.2) is 48.5 Å². The van der Waals surface area contributed by atoms with Crippen molar-refractivity contribution >= 4 is 0 Å². The summed E-state index contributed by atoms with van der Waals surface area (Å²) in [4.78, 5) is 2.43. The third-order valence-corrected chi connectivity index (χ3v) is 4.60. The molecule has 0 saturated heterocycles. The van der Waals surface area contributed by atoms with E-state index in [0.717, 1.165) is 35.7 Å². The molecule has 0 saturated carbocycles. The maximum atomic E-state index is 5.97. The third-order valence-electron chi connectivity index (χ3n) is 4.60. The second-order valence-electron chi connectivity index (χ2n) is 6.79. The highest BCUT2D eigenvalue weighted by Crippen LogP contribution is 2.33. The van der Waals surface area contributed by atoms with E-state index >= 15 is 0 Å². The fourth-order valence-electron chi connectivity index (χ4n) is 3.01. The number of rotatable bonds is 12. The van der Waals surface area contributed by atoms with Gasteiger partial charge in [0, 0.05) is 5.56 Å². The smallest absolute Gasteiger partial charge is 0.126 e. The lowest BCUT2D eigenvalue weighted by Crippen LogP contribution is -2.20. The summed E-state index contributed by atoms with van der Waals surface area (Å²) in [6.45, 7) is 5.40. The van der Waals surface area contributed by atoms with Crippen molar-refractivity contribution in [3.63, 3.8) is 0 Å². The zero-order valence-electron chi connectivity index (χ0n) is 16.5. The zero-order valence-corrected chi connectivity index (χ0v) is 16.5. The first-order chi connectivity index (χ1) is 12.7. The molecule has 0 heterocycles. The maximum absolute atomic E-state index is 5.97.